The van der Waals surface area contributed by atoms with Crippen LogP contribution in [0.25, 0.3) is 0 Å². The van der Waals surface area contributed by atoms with Gasteiger partial charge < -0.3 is 5.32 Å². The SMILES string of the molecule is CCc1nn(CC)c(CC(CC(C)CC)NC)c1Cl. The lowest BCUT2D eigenvalue weighted by Crippen LogP contribution is -2.30. The average molecular weight is 286 g/mol. The lowest BCUT2D eigenvalue weighted by Gasteiger charge is -2.20. The number of rotatable bonds is 8. The van der Waals surface area contributed by atoms with Gasteiger partial charge in [-0.1, -0.05) is 38.8 Å². The smallest absolute Gasteiger partial charge is 0.0850 e. The standard InChI is InChI=1S/C15H28ClN3/c1-6-11(4)9-12(17-5)10-14-15(16)13(7-2)18-19(14)8-3/h11-12,17H,6-10H2,1-5H3. The van der Waals surface area contributed by atoms with Crippen LogP contribution in [0, 0.1) is 5.92 Å². The molecule has 1 rings (SSSR count). The fourth-order valence-electron chi connectivity index (χ4n) is 2.40. The Morgan fingerprint density at radius 1 is 1.32 bits per heavy atom. The zero-order chi connectivity index (χ0) is 14.4. The Kier molecular flexibility index (Phi) is 6.87. The van der Waals surface area contributed by atoms with E-state index < -0.39 is 0 Å². The summed E-state index contributed by atoms with van der Waals surface area (Å²) in [6.45, 7) is 9.66. The van der Waals surface area contributed by atoms with E-state index in [-0.39, 0.29) is 0 Å². The minimum atomic E-state index is 0.471. The maximum absolute atomic E-state index is 6.47. The maximum Gasteiger partial charge on any atom is 0.0850 e. The first kappa shape index (κ1) is 16.5. The molecule has 0 spiro atoms. The normalized spacial score (nSPS) is 14.6. The van der Waals surface area contributed by atoms with E-state index in [4.69, 9.17) is 11.6 Å². The second-order valence-electron chi connectivity index (χ2n) is 5.32. The molecule has 0 amide bonds. The van der Waals surface area contributed by atoms with Crippen LogP contribution in [0.15, 0.2) is 0 Å². The molecule has 2 unspecified atom stereocenters. The van der Waals surface area contributed by atoms with Crippen molar-refractivity contribution in [1.29, 1.82) is 0 Å². The number of likely N-dealkylation sites (N-methyl/N-ethyl adjacent to an activating group) is 1. The van der Waals surface area contributed by atoms with Gasteiger partial charge in [0.1, 0.15) is 0 Å². The van der Waals surface area contributed by atoms with E-state index in [9.17, 15) is 0 Å². The van der Waals surface area contributed by atoms with E-state index in [0.29, 0.717) is 6.04 Å². The fourth-order valence-corrected chi connectivity index (χ4v) is 2.75. The Balaban J connectivity index is 2.86. The number of aryl methyl sites for hydroxylation is 2. The summed E-state index contributed by atoms with van der Waals surface area (Å²) in [4.78, 5) is 0. The molecular weight excluding hydrogens is 258 g/mol. The molecule has 0 fully saturated rings. The van der Waals surface area contributed by atoms with Crippen molar-refractivity contribution in [2.75, 3.05) is 7.05 Å². The van der Waals surface area contributed by atoms with Crippen LogP contribution in [0.1, 0.15) is 51.9 Å². The van der Waals surface area contributed by atoms with E-state index in [1.165, 1.54) is 18.5 Å². The van der Waals surface area contributed by atoms with Crippen molar-refractivity contribution in [2.45, 2.75) is 66.0 Å². The monoisotopic (exact) mass is 285 g/mol. The van der Waals surface area contributed by atoms with Gasteiger partial charge in [0.25, 0.3) is 0 Å². The Labute approximate surface area is 122 Å². The topological polar surface area (TPSA) is 29.9 Å². The van der Waals surface area contributed by atoms with Crippen LogP contribution in [0.4, 0.5) is 0 Å². The predicted molar refractivity (Wildman–Crippen MR) is 82.9 cm³/mol. The van der Waals surface area contributed by atoms with Crippen LogP contribution in [0.3, 0.4) is 0 Å². The highest BCUT2D eigenvalue weighted by Crippen LogP contribution is 2.24. The lowest BCUT2D eigenvalue weighted by atomic mass is 9.96. The molecular formula is C15H28ClN3. The van der Waals surface area contributed by atoms with Crippen molar-refractivity contribution in [3.05, 3.63) is 16.4 Å². The van der Waals surface area contributed by atoms with Crippen molar-refractivity contribution in [3.63, 3.8) is 0 Å². The van der Waals surface area contributed by atoms with Crippen LogP contribution in [-0.2, 0) is 19.4 Å². The van der Waals surface area contributed by atoms with Crippen LogP contribution in [0.2, 0.25) is 5.02 Å². The summed E-state index contributed by atoms with van der Waals surface area (Å²) in [5.74, 6) is 0.736. The molecule has 1 N–H and O–H groups in total. The first-order valence-electron chi connectivity index (χ1n) is 7.48. The van der Waals surface area contributed by atoms with Gasteiger partial charge in [-0.15, -0.1) is 0 Å². The summed E-state index contributed by atoms with van der Waals surface area (Å²) in [5.41, 5.74) is 2.21. The third kappa shape index (κ3) is 4.22. The number of halogens is 1. The Bertz CT molecular complexity index is 387. The van der Waals surface area contributed by atoms with Crippen LogP contribution in [-0.4, -0.2) is 22.9 Å². The van der Waals surface area contributed by atoms with Gasteiger partial charge in [0, 0.05) is 19.0 Å². The molecule has 0 radical (unpaired) electrons. The third-order valence-corrected chi connectivity index (χ3v) is 4.36. The number of hydrogen-bond acceptors (Lipinski definition) is 2. The predicted octanol–water partition coefficient (Wildman–Crippen LogP) is 3.69. The largest absolute Gasteiger partial charge is 0.317 e. The Hall–Kier alpha value is -0.540. The Morgan fingerprint density at radius 2 is 2.00 bits per heavy atom. The highest BCUT2D eigenvalue weighted by Gasteiger charge is 2.19. The van der Waals surface area contributed by atoms with Gasteiger partial charge >= 0.3 is 0 Å². The van der Waals surface area contributed by atoms with E-state index in [2.05, 4.69) is 42.8 Å². The van der Waals surface area contributed by atoms with Gasteiger partial charge in [-0.05, 0) is 32.7 Å². The van der Waals surface area contributed by atoms with Gasteiger partial charge in [0.05, 0.1) is 16.4 Å². The van der Waals surface area contributed by atoms with E-state index >= 15 is 0 Å². The molecule has 0 saturated heterocycles. The molecule has 1 heterocycles. The molecule has 0 bridgehead atoms. The Morgan fingerprint density at radius 3 is 2.47 bits per heavy atom. The summed E-state index contributed by atoms with van der Waals surface area (Å²) < 4.78 is 2.06. The summed E-state index contributed by atoms with van der Waals surface area (Å²) in [6.07, 6.45) is 4.26. The van der Waals surface area contributed by atoms with E-state index in [1.807, 2.05) is 7.05 Å². The van der Waals surface area contributed by atoms with E-state index in [1.54, 1.807) is 0 Å². The molecule has 0 saturated carbocycles. The molecule has 4 heteroatoms. The molecule has 110 valence electrons. The van der Waals surface area contributed by atoms with Gasteiger partial charge in [-0.25, -0.2) is 0 Å². The zero-order valence-corrected chi connectivity index (χ0v) is 13.7. The van der Waals surface area contributed by atoms with Gasteiger partial charge in [0.15, 0.2) is 0 Å². The van der Waals surface area contributed by atoms with Gasteiger partial charge in [-0.3, -0.25) is 4.68 Å². The molecule has 2 atom stereocenters. The van der Waals surface area contributed by atoms with Crippen molar-refractivity contribution in [2.24, 2.45) is 5.92 Å². The van der Waals surface area contributed by atoms with E-state index in [0.717, 1.165) is 36.0 Å². The molecule has 0 aliphatic rings. The van der Waals surface area contributed by atoms with Crippen LogP contribution >= 0.6 is 11.6 Å². The van der Waals surface area contributed by atoms with Crippen LogP contribution in [0.5, 0.6) is 0 Å². The molecule has 0 aliphatic heterocycles. The van der Waals surface area contributed by atoms with Crippen molar-refractivity contribution >= 4 is 11.6 Å². The first-order valence-corrected chi connectivity index (χ1v) is 7.86. The molecule has 3 nitrogen and oxygen atoms in total. The second kappa shape index (κ2) is 7.91. The number of hydrogen-bond donors (Lipinski definition) is 1. The van der Waals surface area contributed by atoms with Gasteiger partial charge in [0.2, 0.25) is 0 Å². The van der Waals surface area contributed by atoms with Crippen LogP contribution < -0.4 is 5.32 Å². The number of nitrogens with one attached hydrogen (secondary N) is 1. The highest BCUT2D eigenvalue weighted by atomic mass is 35.5. The molecule has 1 aromatic rings. The van der Waals surface area contributed by atoms with Gasteiger partial charge in [-0.2, -0.15) is 5.10 Å². The minimum absolute atomic E-state index is 0.471. The first-order chi connectivity index (χ1) is 9.07. The number of aromatic nitrogens is 2. The molecule has 0 aliphatic carbocycles. The summed E-state index contributed by atoms with van der Waals surface area (Å²) in [7, 11) is 2.04. The fraction of sp³-hybridized carbons (Fsp3) is 0.800. The zero-order valence-electron chi connectivity index (χ0n) is 13.0. The highest BCUT2D eigenvalue weighted by molar-refractivity contribution is 6.31. The minimum Gasteiger partial charge on any atom is -0.317 e. The quantitative estimate of drug-likeness (QED) is 0.789. The summed E-state index contributed by atoms with van der Waals surface area (Å²) in [5, 5.41) is 8.88. The number of nitrogens with zero attached hydrogens (tertiary/aromatic N) is 2. The van der Waals surface area contributed by atoms with Crippen molar-refractivity contribution in [3.8, 4) is 0 Å². The molecule has 1 aromatic heterocycles. The maximum atomic E-state index is 6.47. The van der Waals surface area contributed by atoms with Crippen molar-refractivity contribution < 1.29 is 0 Å². The average Bonchev–Trinajstić information content (AvgIpc) is 2.73. The lowest BCUT2D eigenvalue weighted by molar-refractivity contribution is 0.402. The molecule has 0 aromatic carbocycles. The molecule has 19 heavy (non-hydrogen) atoms. The third-order valence-electron chi connectivity index (χ3n) is 3.93. The second-order valence-corrected chi connectivity index (χ2v) is 5.69. The summed E-state index contributed by atoms with van der Waals surface area (Å²) >= 11 is 6.47. The van der Waals surface area contributed by atoms with Crippen molar-refractivity contribution in [1.82, 2.24) is 15.1 Å². The summed E-state index contributed by atoms with van der Waals surface area (Å²) in [6, 6.07) is 0.471.